The molecular formula is C6H3ClF3NO. The number of aromatic hydroxyl groups is 1. The molecule has 1 N–H and O–H groups in total. The molecule has 1 aromatic heterocycles. The number of halogens is 4. The second kappa shape index (κ2) is 3.18. The molecule has 0 aliphatic heterocycles. The third-order valence-electron chi connectivity index (χ3n) is 1.18. The number of alkyl halides is 2. The van der Waals surface area contributed by atoms with Crippen molar-refractivity contribution in [2.45, 2.75) is 6.43 Å². The first-order chi connectivity index (χ1) is 5.52. The molecule has 0 aliphatic carbocycles. The number of hydrogen-bond acceptors (Lipinski definition) is 2. The minimum absolute atomic E-state index is 0.416. The maximum absolute atomic E-state index is 12.4. The van der Waals surface area contributed by atoms with Crippen LogP contribution < -0.4 is 0 Å². The van der Waals surface area contributed by atoms with Gasteiger partial charge < -0.3 is 5.11 Å². The van der Waals surface area contributed by atoms with Gasteiger partial charge in [0.15, 0.2) is 5.75 Å². The Bertz CT molecular complexity index is 305. The zero-order chi connectivity index (χ0) is 9.30. The molecule has 0 fully saturated rings. The molecule has 0 aliphatic rings. The number of aromatic nitrogens is 1. The maximum atomic E-state index is 12.4. The van der Waals surface area contributed by atoms with E-state index in [0.717, 1.165) is 0 Å². The smallest absolute Gasteiger partial charge is 0.267 e. The highest BCUT2D eigenvalue weighted by molar-refractivity contribution is 6.29. The summed E-state index contributed by atoms with van der Waals surface area (Å²) in [6.07, 6.45) is -2.97. The fraction of sp³-hybridized carbons (Fsp3) is 0.167. The second-order valence-corrected chi connectivity index (χ2v) is 2.36. The fourth-order valence-corrected chi connectivity index (χ4v) is 0.853. The van der Waals surface area contributed by atoms with Crippen LogP contribution in [0, 0.1) is 5.95 Å². The van der Waals surface area contributed by atoms with Crippen molar-refractivity contribution in [2.75, 3.05) is 0 Å². The Kier molecular flexibility index (Phi) is 2.42. The molecule has 0 saturated carbocycles. The van der Waals surface area contributed by atoms with E-state index in [9.17, 15) is 13.2 Å². The molecule has 6 heteroatoms. The lowest BCUT2D eigenvalue weighted by atomic mass is 10.2. The molecule has 1 aromatic rings. The van der Waals surface area contributed by atoms with Crippen LogP contribution in [0.4, 0.5) is 13.2 Å². The van der Waals surface area contributed by atoms with Crippen LogP contribution in [0.25, 0.3) is 0 Å². The van der Waals surface area contributed by atoms with E-state index in [1.54, 1.807) is 0 Å². The van der Waals surface area contributed by atoms with E-state index in [-0.39, 0.29) is 0 Å². The number of nitrogens with zero attached hydrogens (tertiary/aromatic N) is 1. The molecule has 0 aromatic carbocycles. The van der Waals surface area contributed by atoms with Crippen molar-refractivity contribution in [3.05, 3.63) is 22.7 Å². The van der Waals surface area contributed by atoms with Gasteiger partial charge in [0.05, 0.1) is 5.56 Å². The minimum atomic E-state index is -2.97. The zero-order valence-corrected chi connectivity index (χ0v) is 6.32. The van der Waals surface area contributed by atoms with E-state index in [4.69, 9.17) is 16.7 Å². The Morgan fingerprint density at radius 1 is 1.50 bits per heavy atom. The van der Waals surface area contributed by atoms with E-state index in [0.29, 0.717) is 6.07 Å². The van der Waals surface area contributed by atoms with Crippen LogP contribution in [0.3, 0.4) is 0 Å². The quantitative estimate of drug-likeness (QED) is 0.702. The molecule has 0 saturated heterocycles. The van der Waals surface area contributed by atoms with Crippen molar-refractivity contribution < 1.29 is 18.3 Å². The summed E-state index contributed by atoms with van der Waals surface area (Å²) in [5, 5.41) is 8.30. The van der Waals surface area contributed by atoms with Crippen LogP contribution in [-0.2, 0) is 0 Å². The monoisotopic (exact) mass is 197 g/mol. The first kappa shape index (κ1) is 9.12. The predicted molar refractivity (Wildman–Crippen MR) is 35.8 cm³/mol. The van der Waals surface area contributed by atoms with Crippen LogP contribution >= 0.6 is 11.6 Å². The molecule has 0 bridgehead atoms. The maximum Gasteiger partial charge on any atom is 0.267 e. The van der Waals surface area contributed by atoms with Crippen LogP contribution in [0.2, 0.25) is 5.15 Å². The summed E-state index contributed by atoms with van der Waals surface area (Å²) in [7, 11) is 0. The average Bonchev–Trinajstić information content (AvgIpc) is 1.96. The van der Waals surface area contributed by atoms with Gasteiger partial charge in [0.25, 0.3) is 12.4 Å². The Morgan fingerprint density at radius 3 is 2.58 bits per heavy atom. The van der Waals surface area contributed by atoms with E-state index in [1.807, 2.05) is 0 Å². The van der Waals surface area contributed by atoms with Gasteiger partial charge in [-0.05, 0) is 6.07 Å². The zero-order valence-electron chi connectivity index (χ0n) is 5.56. The van der Waals surface area contributed by atoms with Gasteiger partial charge in [-0.3, -0.25) is 0 Å². The van der Waals surface area contributed by atoms with E-state index < -0.39 is 28.8 Å². The lowest BCUT2D eigenvalue weighted by Gasteiger charge is -2.03. The molecule has 1 rings (SSSR count). The molecule has 0 atom stereocenters. The van der Waals surface area contributed by atoms with Gasteiger partial charge in [0, 0.05) is 0 Å². The molecule has 1 heterocycles. The Morgan fingerprint density at radius 2 is 2.08 bits per heavy atom. The molecule has 12 heavy (non-hydrogen) atoms. The third kappa shape index (κ3) is 1.61. The fourth-order valence-electron chi connectivity index (χ4n) is 0.661. The molecule has 0 spiro atoms. The first-order valence-electron chi connectivity index (χ1n) is 2.85. The van der Waals surface area contributed by atoms with E-state index in [2.05, 4.69) is 4.98 Å². The van der Waals surface area contributed by atoms with Crippen molar-refractivity contribution in [1.29, 1.82) is 0 Å². The Balaban J connectivity index is 3.28. The predicted octanol–water partition coefficient (Wildman–Crippen LogP) is 2.52. The van der Waals surface area contributed by atoms with Gasteiger partial charge in [-0.15, -0.1) is 0 Å². The summed E-state index contributed by atoms with van der Waals surface area (Å²) in [5.41, 5.74) is -0.854. The topological polar surface area (TPSA) is 33.1 Å². The standard InChI is InChI=1S/C6H3ClF3NO/c7-3-1-2(5(8)9)4(12)6(10)11-3/h1,5,12H. The SMILES string of the molecule is Oc1c(C(F)F)cc(Cl)nc1F. The molecular weight excluding hydrogens is 195 g/mol. The first-order valence-corrected chi connectivity index (χ1v) is 3.23. The summed E-state index contributed by atoms with van der Waals surface area (Å²) < 4.78 is 36.4. The number of hydrogen-bond donors (Lipinski definition) is 1. The highest BCUT2D eigenvalue weighted by Crippen LogP contribution is 2.31. The molecule has 0 radical (unpaired) electrons. The van der Waals surface area contributed by atoms with Crippen LogP contribution in [0.5, 0.6) is 5.75 Å². The summed E-state index contributed by atoms with van der Waals surface area (Å²) >= 11 is 5.17. The van der Waals surface area contributed by atoms with Crippen LogP contribution in [0.1, 0.15) is 12.0 Å². The van der Waals surface area contributed by atoms with Gasteiger partial charge >= 0.3 is 0 Å². The Hall–Kier alpha value is -0.970. The highest BCUT2D eigenvalue weighted by atomic mass is 35.5. The summed E-state index contributed by atoms with van der Waals surface area (Å²) in [6, 6.07) is 0.713. The lowest BCUT2D eigenvalue weighted by molar-refractivity contribution is 0.146. The second-order valence-electron chi connectivity index (χ2n) is 1.97. The molecule has 2 nitrogen and oxygen atoms in total. The van der Waals surface area contributed by atoms with Crippen LogP contribution in [-0.4, -0.2) is 10.1 Å². The van der Waals surface area contributed by atoms with Crippen molar-refractivity contribution in [2.24, 2.45) is 0 Å². The van der Waals surface area contributed by atoms with Gasteiger partial charge in [0.1, 0.15) is 5.15 Å². The number of rotatable bonds is 1. The summed E-state index contributed by atoms with van der Waals surface area (Å²) in [4.78, 5) is 2.93. The minimum Gasteiger partial charge on any atom is -0.503 e. The molecule has 0 amide bonds. The van der Waals surface area contributed by atoms with Crippen molar-refractivity contribution in [3.8, 4) is 5.75 Å². The van der Waals surface area contributed by atoms with Crippen molar-refractivity contribution in [1.82, 2.24) is 4.98 Å². The van der Waals surface area contributed by atoms with Gasteiger partial charge in [0.2, 0.25) is 0 Å². The lowest BCUT2D eigenvalue weighted by Crippen LogP contribution is -1.92. The molecule has 0 unspecified atom stereocenters. The average molecular weight is 198 g/mol. The van der Waals surface area contributed by atoms with Gasteiger partial charge in [-0.2, -0.15) is 4.39 Å². The van der Waals surface area contributed by atoms with Crippen molar-refractivity contribution >= 4 is 11.6 Å². The van der Waals surface area contributed by atoms with Crippen molar-refractivity contribution in [3.63, 3.8) is 0 Å². The molecule has 66 valence electrons. The van der Waals surface area contributed by atoms with E-state index >= 15 is 0 Å². The third-order valence-corrected chi connectivity index (χ3v) is 1.38. The normalized spacial score (nSPS) is 10.8. The Labute approximate surface area is 70.6 Å². The van der Waals surface area contributed by atoms with Gasteiger partial charge in [-0.1, -0.05) is 11.6 Å². The van der Waals surface area contributed by atoms with Crippen LogP contribution in [0.15, 0.2) is 6.07 Å². The van der Waals surface area contributed by atoms with Gasteiger partial charge in [-0.25, -0.2) is 13.8 Å². The summed E-state index contributed by atoms with van der Waals surface area (Å²) in [6.45, 7) is 0. The van der Waals surface area contributed by atoms with E-state index in [1.165, 1.54) is 0 Å². The number of pyridine rings is 1. The largest absolute Gasteiger partial charge is 0.503 e. The highest BCUT2D eigenvalue weighted by Gasteiger charge is 2.18. The summed E-state index contributed by atoms with van der Waals surface area (Å²) in [5.74, 6) is -2.55.